The van der Waals surface area contributed by atoms with Crippen LogP contribution in [0.5, 0.6) is 5.75 Å². The van der Waals surface area contributed by atoms with Gasteiger partial charge in [0, 0.05) is 35.7 Å². The van der Waals surface area contributed by atoms with Gasteiger partial charge in [-0.05, 0) is 19.9 Å². The van der Waals surface area contributed by atoms with Gasteiger partial charge in [0.25, 0.3) is 5.56 Å². The fourth-order valence-corrected chi connectivity index (χ4v) is 4.87. The van der Waals surface area contributed by atoms with E-state index in [1.165, 1.54) is 21.8 Å². The van der Waals surface area contributed by atoms with Crippen molar-refractivity contribution in [1.82, 2.24) is 29.3 Å². The van der Waals surface area contributed by atoms with Gasteiger partial charge in [-0.15, -0.1) is 11.3 Å². The third-order valence-corrected chi connectivity index (χ3v) is 6.27. The fourth-order valence-electron chi connectivity index (χ4n) is 3.70. The number of fused-ring (bicyclic) bond motifs is 2. The van der Waals surface area contributed by atoms with Crippen LogP contribution >= 0.6 is 11.3 Å². The number of thiazole rings is 1. The second kappa shape index (κ2) is 6.89. The summed E-state index contributed by atoms with van der Waals surface area (Å²) in [5.41, 5.74) is 2.13. The van der Waals surface area contributed by atoms with Crippen molar-refractivity contribution >= 4 is 21.9 Å². The Morgan fingerprint density at radius 2 is 2.14 bits per heavy atom. The van der Waals surface area contributed by atoms with E-state index < -0.39 is 6.17 Å². The van der Waals surface area contributed by atoms with E-state index in [-0.39, 0.29) is 11.5 Å². The number of aromatic nitrogens is 5. The van der Waals surface area contributed by atoms with Crippen molar-refractivity contribution in [2.24, 2.45) is 0 Å². The largest absolute Gasteiger partial charge is 0.493 e. The van der Waals surface area contributed by atoms with Crippen LogP contribution in [-0.2, 0) is 0 Å². The van der Waals surface area contributed by atoms with E-state index in [1.54, 1.807) is 30.1 Å². The molecule has 8 nitrogen and oxygen atoms in total. The summed E-state index contributed by atoms with van der Waals surface area (Å²) >= 11 is 1.35. The van der Waals surface area contributed by atoms with Crippen LogP contribution in [0.15, 0.2) is 29.3 Å². The van der Waals surface area contributed by atoms with E-state index in [4.69, 9.17) is 4.74 Å². The molecule has 5 heterocycles. The monoisotopic (exact) mass is 414 g/mol. The molecule has 2 unspecified atom stereocenters. The second-order valence-corrected chi connectivity index (χ2v) is 8.17. The highest BCUT2D eigenvalue weighted by Gasteiger charge is 2.28. The van der Waals surface area contributed by atoms with Crippen molar-refractivity contribution in [1.29, 1.82) is 0 Å². The molecule has 10 heteroatoms. The summed E-state index contributed by atoms with van der Waals surface area (Å²) in [4.78, 5) is 23.1. The summed E-state index contributed by atoms with van der Waals surface area (Å²) in [7, 11) is 1.56. The Hall–Kier alpha value is -2.85. The van der Waals surface area contributed by atoms with Gasteiger partial charge in [-0.2, -0.15) is 5.10 Å². The summed E-state index contributed by atoms with van der Waals surface area (Å²) in [6, 6.07) is 3.16. The average molecular weight is 414 g/mol. The molecule has 1 aliphatic rings. The fraction of sp³-hybridized carbons (Fsp3) is 0.368. The van der Waals surface area contributed by atoms with Gasteiger partial charge in [-0.25, -0.2) is 18.9 Å². The minimum atomic E-state index is -0.968. The number of ether oxygens (including phenoxy) is 1. The number of hydrogen-bond acceptors (Lipinski definition) is 7. The predicted molar refractivity (Wildman–Crippen MR) is 108 cm³/mol. The first-order valence-corrected chi connectivity index (χ1v) is 10.1. The molecule has 4 aromatic heterocycles. The Kier molecular flexibility index (Phi) is 4.32. The van der Waals surface area contributed by atoms with Gasteiger partial charge in [-0.3, -0.25) is 9.20 Å². The molecule has 0 amide bonds. The number of halogens is 1. The highest BCUT2D eigenvalue weighted by Crippen LogP contribution is 2.33. The zero-order valence-corrected chi connectivity index (χ0v) is 16.7. The van der Waals surface area contributed by atoms with Crippen LogP contribution < -0.4 is 15.6 Å². The molecule has 0 aromatic carbocycles. The molecule has 150 valence electrons. The molecule has 0 bridgehead atoms. The molecule has 1 fully saturated rings. The zero-order chi connectivity index (χ0) is 20.1. The standard InChI is InChI=1S/C19H19FN6O2S/c1-10-8-26-18(22-10)15(28-2)5-14(24-26)13-6-17(27)25-9-16(29-19(25)23-13)11-3-4-21-7-12(11)20/h5-6,8-9,11-12,21H,3-4,7H2,1-2H3. The molecule has 4 aromatic rings. The molecule has 5 rings (SSSR count). The lowest BCUT2D eigenvalue weighted by Crippen LogP contribution is -2.36. The maximum absolute atomic E-state index is 14.3. The number of imidazole rings is 1. The first-order chi connectivity index (χ1) is 14.0. The summed E-state index contributed by atoms with van der Waals surface area (Å²) < 4.78 is 22.9. The van der Waals surface area contributed by atoms with Gasteiger partial charge in [0.2, 0.25) is 0 Å². The molecule has 2 atom stereocenters. The minimum absolute atomic E-state index is 0.214. The van der Waals surface area contributed by atoms with Crippen LogP contribution in [0.25, 0.3) is 22.0 Å². The number of piperidine rings is 1. The topological polar surface area (TPSA) is 85.8 Å². The molecule has 1 saturated heterocycles. The van der Waals surface area contributed by atoms with Crippen LogP contribution in [0.4, 0.5) is 4.39 Å². The number of nitrogens with zero attached hydrogens (tertiary/aromatic N) is 5. The van der Waals surface area contributed by atoms with Crippen molar-refractivity contribution in [2.45, 2.75) is 25.4 Å². The Labute approximate surface area is 169 Å². The predicted octanol–water partition coefficient (Wildman–Crippen LogP) is 2.20. The summed E-state index contributed by atoms with van der Waals surface area (Å²) in [6.07, 6.45) is 3.24. The number of aryl methyl sites for hydroxylation is 1. The molecule has 1 N–H and O–H groups in total. The maximum atomic E-state index is 14.3. The number of hydrogen-bond donors (Lipinski definition) is 1. The molecule has 29 heavy (non-hydrogen) atoms. The van der Waals surface area contributed by atoms with Gasteiger partial charge in [0.05, 0.1) is 24.7 Å². The molecule has 1 aliphatic heterocycles. The van der Waals surface area contributed by atoms with Crippen molar-refractivity contribution < 1.29 is 9.13 Å². The first-order valence-electron chi connectivity index (χ1n) is 9.33. The average Bonchev–Trinajstić information content (AvgIpc) is 3.30. The normalized spacial score (nSPS) is 19.8. The smallest absolute Gasteiger partial charge is 0.259 e. The highest BCUT2D eigenvalue weighted by atomic mass is 32.1. The van der Waals surface area contributed by atoms with E-state index in [9.17, 15) is 9.18 Å². The van der Waals surface area contributed by atoms with Gasteiger partial charge in [0.15, 0.2) is 16.4 Å². The molecule has 0 spiro atoms. The highest BCUT2D eigenvalue weighted by molar-refractivity contribution is 7.17. The van der Waals surface area contributed by atoms with Crippen molar-refractivity contribution in [3.05, 3.63) is 45.5 Å². The number of nitrogens with one attached hydrogen (secondary N) is 1. The quantitative estimate of drug-likeness (QED) is 0.553. The lowest BCUT2D eigenvalue weighted by atomic mass is 9.95. The Morgan fingerprint density at radius 1 is 1.28 bits per heavy atom. The van der Waals surface area contributed by atoms with E-state index in [0.29, 0.717) is 40.7 Å². The Bertz CT molecular complexity index is 1280. The summed E-state index contributed by atoms with van der Waals surface area (Å²) in [5.74, 6) is 0.334. The van der Waals surface area contributed by atoms with Crippen LogP contribution in [-0.4, -0.2) is 50.4 Å². The van der Waals surface area contributed by atoms with Crippen molar-refractivity contribution in [3.63, 3.8) is 0 Å². The van der Waals surface area contributed by atoms with Gasteiger partial charge in [-0.1, -0.05) is 0 Å². The van der Waals surface area contributed by atoms with E-state index in [1.807, 2.05) is 6.92 Å². The van der Waals surface area contributed by atoms with Gasteiger partial charge >= 0.3 is 0 Å². The van der Waals surface area contributed by atoms with Gasteiger partial charge in [0.1, 0.15) is 11.9 Å². The lowest BCUT2D eigenvalue weighted by molar-refractivity contribution is 0.233. The SMILES string of the molecule is COc1cc(-c2cc(=O)n3cc(C4CCNCC4F)sc3n2)nn2cc(C)nc12. The summed E-state index contributed by atoms with van der Waals surface area (Å²) in [5, 5.41) is 7.59. The second-order valence-electron chi connectivity index (χ2n) is 7.13. The maximum Gasteiger partial charge on any atom is 0.259 e. The van der Waals surface area contributed by atoms with Gasteiger partial charge < -0.3 is 10.1 Å². The molecule has 0 radical (unpaired) electrons. The van der Waals surface area contributed by atoms with Crippen LogP contribution in [0, 0.1) is 6.92 Å². The molecule has 0 aliphatic carbocycles. The third-order valence-electron chi connectivity index (χ3n) is 5.15. The number of rotatable bonds is 3. The molecule has 0 saturated carbocycles. The van der Waals surface area contributed by atoms with Crippen molar-refractivity contribution in [2.75, 3.05) is 20.2 Å². The first kappa shape index (κ1) is 18.2. The van der Waals surface area contributed by atoms with E-state index >= 15 is 0 Å². The van der Waals surface area contributed by atoms with E-state index in [2.05, 4.69) is 20.4 Å². The summed E-state index contributed by atoms with van der Waals surface area (Å²) in [6.45, 7) is 2.97. The Morgan fingerprint density at radius 3 is 2.93 bits per heavy atom. The third kappa shape index (κ3) is 3.08. The van der Waals surface area contributed by atoms with Crippen LogP contribution in [0.1, 0.15) is 22.9 Å². The van der Waals surface area contributed by atoms with Crippen LogP contribution in [0.3, 0.4) is 0 Å². The Balaban J connectivity index is 1.63. The molecular formula is C19H19FN6O2S. The lowest BCUT2D eigenvalue weighted by Gasteiger charge is -2.25. The number of alkyl halides is 1. The van der Waals surface area contributed by atoms with Crippen molar-refractivity contribution in [3.8, 4) is 17.1 Å². The minimum Gasteiger partial charge on any atom is -0.493 e. The van der Waals surface area contributed by atoms with E-state index in [0.717, 1.165) is 17.1 Å². The zero-order valence-electron chi connectivity index (χ0n) is 15.9. The van der Waals surface area contributed by atoms with Crippen LogP contribution in [0.2, 0.25) is 0 Å². The molecular weight excluding hydrogens is 395 g/mol. The number of methoxy groups -OCH3 is 1.